The molecule has 0 saturated heterocycles. The Bertz CT molecular complexity index is 517. The molecule has 1 heterocycles. The van der Waals surface area contributed by atoms with E-state index in [2.05, 4.69) is 5.10 Å². The van der Waals surface area contributed by atoms with Crippen LogP contribution in [0.4, 0.5) is 13.2 Å². The molecule has 18 heavy (non-hydrogen) atoms. The van der Waals surface area contributed by atoms with Gasteiger partial charge in [-0.3, -0.25) is 5.10 Å². The summed E-state index contributed by atoms with van der Waals surface area (Å²) < 4.78 is 42.8. The molecule has 1 N–H and O–H groups in total. The van der Waals surface area contributed by atoms with Crippen LogP contribution in [-0.4, -0.2) is 17.3 Å². The Kier molecular flexibility index (Phi) is 3.27. The molecule has 6 heteroatoms. The molecule has 0 bridgehead atoms. The van der Waals surface area contributed by atoms with Crippen LogP contribution in [-0.2, 0) is 12.6 Å². The Morgan fingerprint density at radius 2 is 1.89 bits per heavy atom. The minimum atomic E-state index is -4.40. The Morgan fingerprint density at radius 3 is 2.44 bits per heavy atom. The van der Waals surface area contributed by atoms with Gasteiger partial charge in [0.1, 0.15) is 11.4 Å². The number of nitrogens with zero attached hydrogens (tertiary/aromatic N) is 1. The number of halogens is 3. The zero-order chi connectivity index (χ0) is 13.2. The molecule has 2 rings (SSSR count). The topological polar surface area (TPSA) is 37.9 Å². The van der Waals surface area contributed by atoms with E-state index in [9.17, 15) is 13.2 Å². The number of ether oxygens (including phenoxy) is 1. The van der Waals surface area contributed by atoms with Crippen molar-refractivity contribution in [1.82, 2.24) is 10.2 Å². The third-order valence-corrected chi connectivity index (χ3v) is 2.55. The van der Waals surface area contributed by atoms with Crippen LogP contribution >= 0.6 is 0 Å². The van der Waals surface area contributed by atoms with Crippen molar-refractivity contribution in [3.05, 3.63) is 47.3 Å². The Hall–Kier alpha value is -1.98. The van der Waals surface area contributed by atoms with Crippen molar-refractivity contribution in [2.45, 2.75) is 12.6 Å². The summed E-state index contributed by atoms with van der Waals surface area (Å²) in [5, 5.41) is 5.44. The number of aromatic nitrogens is 2. The summed E-state index contributed by atoms with van der Waals surface area (Å²) in [6.07, 6.45) is -3.03. The monoisotopic (exact) mass is 256 g/mol. The van der Waals surface area contributed by atoms with E-state index in [1.54, 1.807) is 24.3 Å². The Labute approximate surface area is 102 Å². The second-order valence-electron chi connectivity index (χ2n) is 3.79. The average Bonchev–Trinajstić information content (AvgIpc) is 2.78. The molecular weight excluding hydrogens is 245 g/mol. The van der Waals surface area contributed by atoms with Gasteiger partial charge in [0.2, 0.25) is 0 Å². The lowest BCUT2D eigenvalue weighted by Gasteiger charge is -2.07. The molecule has 1 aromatic carbocycles. The number of hydrogen-bond acceptors (Lipinski definition) is 2. The van der Waals surface area contributed by atoms with Gasteiger partial charge in [-0.25, -0.2) is 0 Å². The number of benzene rings is 1. The summed E-state index contributed by atoms with van der Waals surface area (Å²) in [4.78, 5) is 0. The summed E-state index contributed by atoms with van der Waals surface area (Å²) >= 11 is 0. The van der Waals surface area contributed by atoms with Gasteiger partial charge in [0.25, 0.3) is 0 Å². The van der Waals surface area contributed by atoms with E-state index >= 15 is 0 Å². The van der Waals surface area contributed by atoms with Gasteiger partial charge in [0.15, 0.2) is 0 Å². The number of methoxy groups -OCH3 is 1. The fraction of sp³-hybridized carbons (Fsp3) is 0.250. The zero-order valence-electron chi connectivity index (χ0n) is 9.58. The normalized spacial score (nSPS) is 11.6. The van der Waals surface area contributed by atoms with Gasteiger partial charge in [-0.2, -0.15) is 18.3 Å². The van der Waals surface area contributed by atoms with Gasteiger partial charge in [0, 0.05) is 12.0 Å². The zero-order valence-corrected chi connectivity index (χ0v) is 9.58. The fourth-order valence-electron chi connectivity index (χ4n) is 1.65. The van der Waals surface area contributed by atoms with Crippen LogP contribution in [0.2, 0.25) is 0 Å². The molecule has 2 aromatic rings. The summed E-state index contributed by atoms with van der Waals surface area (Å²) in [7, 11) is 1.53. The highest BCUT2D eigenvalue weighted by Gasteiger charge is 2.35. The van der Waals surface area contributed by atoms with E-state index in [1.165, 1.54) is 13.3 Å². The highest BCUT2D eigenvalue weighted by Crippen LogP contribution is 2.31. The van der Waals surface area contributed by atoms with E-state index < -0.39 is 11.9 Å². The third kappa shape index (κ3) is 2.64. The van der Waals surface area contributed by atoms with Crippen LogP contribution in [0.15, 0.2) is 30.5 Å². The average molecular weight is 256 g/mol. The van der Waals surface area contributed by atoms with Crippen molar-refractivity contribution in [3.63, 3.8) is 0 Å². The second kappa shape index (κ2) is 4.72. The molecule has 0 atom stereocenters. The van der Waals surface area contributed by atoms with Gasteiger partial charge in [0.05, 0.1) is 13.3 Å². The predicted molar refractivity (Wildman–Crippen MR) is 59.4 cm³/mol. The smallest absolute Gasteiger partial charge is 0.433 e. The van der Waals surface area contributed by atoms with Crippen LogP contribution in [0.25, 0.3) is 0 Å². The van der Waals surface area contributed by atoms with Crippen LogP contribution in [0.3, 0.4) is 0 Å². The molecule has 1 aromatic heterocycles. The van der Waals surface area contributed by atoms with E-state index in [4.69, 9.17) is 4.74 Å². The molecule has 3 nitrogen and oxygen atoms in total. The van der Waals surface area contributed by atoms with E-state index in [0.29, 0.717) is 5.75 Å². The lowest BCUT2D eigenvalue weighted by Crippen LogP contribution is -2.09. The van der Waals surface area contributed by atoms with Crippen molar-refractivity contribution >= 4 is 0 Å². The number of alkyl halides is 3. The van der Waals surface area contributed by atoms with Crippen molar-refractivity contribution < 1.29 is 17.9 Å². The standard InChI is InChI=1S/C12H11F3N2O/c1-18-10-4-2-8(3-5-10)6-9-7-16-17-11(9)12(13,14)15/h2-5,7H,6H2,1H3,(H,16,17). The highest BCUT2D eigenvalue weighted by molar-refractivity contribution is 5.32. The summed E-state index contributed by atoms with van der Waals surface area (Å²) in [6, 6.07) is 6.88. The number of H-pyrrole nitrogens is 1. The fourth-order valence-corrected chi connectivity index (χ4v) is 1.65. The first-order chi connectivity index (χ1) is 8.50. The van der Waals surface area contributed by atoms with E-state index in [1.807, 2.05) is 5.10 Å². The maximum Gasteiger partial charge on any atom is 0.433 e. The van der Waals surface area contributed by atoms with Gasteiger partial charge >= 0.3 is 6.18 Å². The van der Waals surface area contributed by atoms with E-state index in [0.717, 1.165) is 5.56 Å². The van der Waals surface area contributed by atoms with Gasteiger partial charge < -0.3 is 4.74 Å². The number of hydrogen-bond donors (Lipinski definition) is 1. The highest BCUT2D eigenvalue weighted by atomic mass is 19.4. The second-order valence-corrected chi connectivity index (χ2v) is 3.79. The molecule has 0 fully saturated rings. The SMILES string of the molecule is COc1ccc(Cc2cn[nH]c2C(F)(F)F)cc1. The Morgan fingerprint density at radius 1 is 1.22 bits per heavy atom. The molecule has 96 valence electrons. The first kappa shape index (κ1) is 12.5. The van der Waals surface area contributed by atoms with Gasteiger partial charge in [-0.05, 0) is 17.7 Å². The molecule has 0 aliphatic rings. The van der Waals surface area contributed by atoms with Gasteiger partial charge in [-0.1, -0.05) is 12.1 Å². The summed E-state index contributed by atoms with van der Waals surface area (Å²) in [5.41, 5.74) is 0.105. The first-order valence-electron chi connectivity index (χ1n) is 5.23. The van der Waals surface area contributed by atoms with Gasteiger partial charge in [-0.15, -0.1) is 0 Å². The minimum absolute atomic E-state index is 0.132. The lowest BCUT2D eigenvalue weighted by atomic mass is 10.1. The van der Waals surface area contributed by atoms with Crippen LogP contribution < -0.4 is 4.74 Å². The first-order valence-corrected chi connectivity index (χ1v) is 5.23. The van der Waals surface area contributed by atoms with Crippen molar-refractivity contribution in [3.8, 4) is 5.75 Å². The number of rotatable bonds is 3. The molecule has 0 aliphatic carbocycles. The molecular formula is C12H11F3N2O. The van der Waals surface area contributed by atoms with E-state index in [-0.39, 0.29) is 12.0 Å². The quantitative estimate of drug-likeness (QED) is 0.916. The third-order valence-electron chi connectivity index (χ3n) is 2.55. The summed E-state index contributed by atoms with van der Waals surface area (Å²) in [5.74, 6) is 0.669. The van der Waals surface area contributed by atoms with Crippen molar-refractivity contribution in [2.75, 3.05) is 7.11 Å². The molecule has 0 radical (unpaired) electrons. The number of nitrogens with one attached hydrogen (secondary N) is 1. The molecule has 0 aliphatic heterocycles. The summed E-state index contributed by atoms with van der Waals surface area (Å²) in [6.45, 7) is 0. The molecule has 0 saturated carbocycles. The molecule has 0 unspecified atom stereocenters. The number of aromatic amines is 1. The lowest BCUT2D eigenvalue weighted by molar-refractivity contribution is -0.141. The van der Waals surface area contributed by atoms with Crippen LogP contribution in [0.5, 0.6) is 5.75 Å². The van der Waals surface area contributed by atoms with Crippen LogP contribution in [0.1, 0.15) is 16.8 Å². The van der Waals surface area contributed by atoms with Crippen LogP contribution in [0, 0.1) is 0 Å². The minimum Gasteiger partial charge on any atom is -0.497 e. The van der Waals surface area contributed by atoms with Crippen molar-refractivity contribution in [2.24, 2.45) is 0 Å². The van der Waals surface area contributed by atoms with Crippen molar-refractivity contribution in [1.29, 1.82) is 0 Å². The largest absolute Gasteiger partial charge is 0.497 e. The predicted octanol–water partition coefficient (Wildman–Crippen LogP) is 3.03. The molecule has 0 amide bonds. The molecule has 0 spiro atoms. The maximum absolute atomic E-state index is 12.6. The Balaban J connectivity index is 2.21. The maximum atomic E-state index is 12.6.